The molecule has 1 aromatic carbocycles. The second-order valence-electron chi connectivity index (χ2n) is 5.32. The van der Waals surface area contributed by atoms with Gasteiger partial charge in [0.1, 0.15) is 17.2 Å². The fraction of sp³-hybridized carbons (Fsp3) is 0.176. The Morgan fingerprint density at radius 2 is 2.00 bits per heavy atom. The molecule has 5 nitrogen and oxygen atoms in total. The van der Waals surface area contributed by atoms with Crippen LogP contribution < -0.4 is 5.32 Å². The maximum atomic E-state index is 12.3. The van der Waals surface area contributed by atoms with Crippen LogP contribution in [0, 0.1) is 13.8 Å². The number of nitrogens with one attached hydrogen (secondary N) is 1. The molecule has 2 aromatic rings. The molecule has 0 radical (unpaired) electrons. The Hall–Kier alpha value is -2.82. The summed E-state index contributed by atoms with van der Waals surface area (Å²) in [5.41, 5.74) is 2.23. The van der Waals surface area contributed by atoms with Gasteiger partial charge in [-0.25, -0.2) is 4.79 Å². The molecule has 1 aliphatic heterocycles. The van der Waals surface area contributed by atoms with E-state index in [-0.39, 0.29) is 18.1 Å². The zero-order valence-electron chi connectivity index (χ0n) is 12.4. The molecule has 1 saturated heterocycles. The average Bonchev–Trinajstić information content (AvgIpc) is 2.98. The van der Waals surface area contributed by atoms with Gasteiger partial charge in [-0.1, -0.05) is 29.8 Å². The van der Waals surface area contributed by atoms with E-state index in [1.807, 2.05) is 38.1 Å². The first kappa shape index (κ1) is 14.1. The summed E-state index contributed by atoms with van der Waals surface area (Å²) in [6.07, 6.45) is 1.55. The summed E-state index contributed by atoms with van der Waals surface area (Å²) in [5, 5.41) is 2.58. The number of amides is 3. The first-order valence-corrected chi connectivity index (χ1v) is 6.99. The van der Waals surface area contributed by atoms with E-state index in [1.165, 1.54) is 4.90 Å². The summed E-state index contributed by atoms with van der Waals surface area (Å²) >= 11 is 0. The van der Waals surface area contributed by atoms with Crippen LogP contribution in [0.1, 0.15) is 22.6 Å². The molecular weight excluding hydrogens is 280 g/mol. The van der Waals surface area contributed by atoms with Gasteiger partial charge in [0, 0.05) is 6.08 Å². The van der Waals surface area contributed by atoms with Crippen molar-refractivity contribution in [2.45, 2.75) is 20.4 Å². The highest BCUT2D eigenvalue weighted by Gasteiger charge is 2.33. The average molecular weight is 296 g/mol. The van der Waals surface area contributed by atoms with Gasteiger partial charge < -0.3 is 9.73 Å². The van der Waals surface area contributed by atoms with E-state index in [2.05, 4.69) is 5.32 Å². The van der Waals surface area contributed by atoms with E-state index in [9.17, 15) is 9.59 Å². The zero-order chi connectivity index (χ0) is 15.7. The molecule has 1 aliphatic rings. The molecule has 22 heavy (non-hydrogen) atoms. The van der Waals surface area contributed by atoms with Crippen molar-refractivity contribution in [1.29, 1.82) is 0 Å². The third-order valence-corrected chi connectivity index (χ3v) is 3.43. The van der Waals surface area contributed by atoms with Crippen LogP contribution in [0.4, 0.5) is 4.79 Å². The molecule has 3 amide bonds. The van der Waals surface area contributed by atoms with Gasteiger partial charge in [-0.15, -0.1) is 0 Å². The summed E-state index contributed by atoms with van der Waals surface area (Å²) in [4.78, 5) is 25.5. The molecule has 0 unspecified atom stereocenters. The quantitative estimate of drug-likeness (QED) is 0.699. The van der Waals surface area contributed by atoms with E-state index in [0.717, 1.165) is 16.9 Å². The van der Waals surface area contributed by atoms with Crippen molar-refractivity contribution in [2.24, 2.45) is 0 Å². The maximum absolute atomic E-state index is 12.3. The van der Waals surface area contributed by atoms with E-state index in [1.54, 1.807) is 18.2 Å². The molecular formula is C17H16N2O3. The Morgan fingerprint density at radius 3 is 2.68 bits per heavy atom. The molecule has 1 fully saturated rings. The first-order chi connectivity index (χ1) is 10.5. The van der Waals surface area contributed by atoms with Crippen LogP contribution in [0.5, 0.6) is 0 Å². The summed E-state index contributed by atoms with van der Waals surface area (Å²) < 4.78 is 5.40. The summed E-state index contributed by atoms with van der Waals surface area (Å²) in [6, 6.07) is 10.9. The van der Waals surface area contributed by atoms with Gasteiger partial charge in [0.2, 0.25) is 0 Å². The van der Waals surface area contributed by atoms with Crippen molar-refractivity contribution in [1.82, 2.24) is 10.2 Å². The summed E-state index contributed by atoms with van der Waals surface area (Å²) in [7, 11) is 0. The highest BCUT2D eigenvalue weighted by molar-refractivity contribution is 6.13. The minimum absolute atomic E-state index is 0.229. The van der Waals surface area contributed by atoms with Crippen molar-refractivity contribution in [3.8, 4) is 0 Å². The lowest BCUT2D eigenvalue weighted by Crippen LogP contribution is -2.30. The molecule has 5 heteroatoms. The first-order valence-electron chi connectivity index (χ1n) is 6.99. The zero-order valence-corrected chi connectivity index (χ0v) is 12.4. The van der Waals surface area contributed by atoms with Gasteiger partial charge >= 0.3 is 6.03 Å². The molecule has 1 aromatic heterocycles. The monoisotopic (exact) mass is 296 g/mol. The minimum Gasteiger partial charge on any atom is -0.462 e. The lowest BCUT2D eigenvalue weighted by atomic mass is 10.1. The number of aryl methyl sites for hydroxylation is 2. The van der Waals surface area contributed by atoms with E-state index >= 15 is 0 Å². The van der Waals surface area contributed by atoms with Crippen molar-refractivity contribution in [2.75, 3.05) is 0 Å². The lowest BCUT2D eigenvalue weighted by molar-refractivity contribution is -0.123. The number of hydrogen-bond acceptors (Lipinski definition) is 3. The Balaban J connectivity index is 1.81. The number of carbonyl (C=O) groups is 2. The van der Waals surface area contributed by atoms with E-state index < -0.39 is 6.03 Å². The topological polar surface area (TPSA) is 62.6 Å². The van der Waals surface area contributed by atoms with Gasteiger partial charge in [0.05, 0.1) is 6.54 Å². The van der Waals surface area contributed by atoms with Crippen LogP contribution in [-0.4, -0.2) is 16.8 Å². The second-order valence-corrected chi connectivity index (χ2v) is 5.32. The Kier molecular flexibility index (Phi) is 3.55. The molecule has 0 bridgehead atoms. The van der Waals surface area contributed by atoms with Crippen LogP contribution in [0.15, 0.2) is 46.5 Å². The number of hydrogen-bond donors (Lipinski definition) is 1. The Labute approximate surface area is 128 Å². The van der Waals surface area contributed by atoms with Gasteiger partial charge in [0.15, 0.2) is 0 Å². The minimum atomic E-state index is -0.416. The summed E-state index contributed by atoms with van der Waals surface area (Å²) in [6.45, 7) is 4.04. The normalized spacial score (nSPS) is 16.5. The van der Waals surface area contributed by atoms with Gasteiger partial charge in [0.25, 0.3) is 5.91 Å². The smallest absolute Gasteiger partial charge is 0.329 e. The van der Waals surface area contributed by atoms with Crippen LogP contribution >= 0.6 is 0 Å². The largest absolute Gasteiger partial charge is 0.462 e. The number of furan rings is 1. The SMILES string of the molecule is Cc1cccc(CN2C(=O)N/C(=C/c3ccc(C)o3)C2=O)c1. The summed E-state index contributed by atoms with van der Waals surface area (Å²) in [5.74, 6) is 0.944. The standard InChI is InChI=1S/C17H16N2O3/c1-11-4-3-5-13(8-11)10-19-16(20)15(18-17(19)21)9-14-7-6-12(2)22-14/h3-9H,10H2,1-2H3,(H,18,21)/b15-9+. The molecule has 2 heterocycles. The lowest BCUT2D eigenvalue weighted by Gasteiger charge is -2.12. The van der Waals surface area contributed by atoms with Crippen LogP contribution in [0.3, 0.4) is 0 Å². The molecule has 112 valence electrons. The molecule has 0 spiro atoms. The van der Waals surface area contributed by atoms with Crippen molar-refractivity contribution in [3.63, 3.8) is 0 Å². The van der Waals surface area contributed by atoms with Gasteiger partial charge in [-0.2, -0.15) is 0 Å². The van der Waals surface area contributed by atoms with Crippen LogP contribution in [0.2, 0.25) is 0 Å². The predicted molar refractivity (Wildman–Crippen MR) is 81.7 cm³/mol. The fourth-order valence-corrected chi connectivity index (χ4v) is 2.38. The number of carbonyl (C=O) groups excluding carboxylic acids is 2. The number of imide groups is 1. The third kappa shape index (κ3) is 2.79. The number of benzene rings is 1. The molecule has 0 aliphatic carbocycles. The molecule has 3 rings (SSSR count). The molecule has 1 N–H and O–H groups in total. The predicted octanol–water partition coefficient (Wildman–Crippen LogP) is 2.99. The molecule has 0 atom stereocenters. The number of urea groups is 1. The highest BCUT2D eigenvalue weighted by Crippen LogP contribution is 2.18. The Bertz CT molecular complexity index is 774. The van der Waals surface area contributed by atoms with Crippen molar-refractivity contribution in [3.05, 3.63) is 64.7 Å². The number of nitrogens with zero attached hydrogens (tertiary/aromatic N) is 1. The highest BCUT2D eigenvalue weighted by atomic mass is 16.3. The number of rotatable bonds is 3. The van der Waals surface area contributed by atoms with E-state index in [0.29, 0.717) is 5.76 Å². The van der Waals surface area contributed by atoms with Gasteiger partial charge in [-0.05, 0) is 31.5 Å². The second kappa shape index (κ2) is 5.52. The van der Waals surface area contributed by atoms with Crippen molar-refractivity contribution >= 4 is 18.0 Å². The van der Waals surface area contributed by atoms with E-state index in [4.69, 9.17) is 4.42 Å². The van der Waals surface area contributed by atoms with Crippen LogP contribution in [0.25, 0.3) is 6.08 Å². The maximum Gasteiger partial charge on any atom is 0.329 e. The molecule has 0 saturated carbocycles. The Morgan fingerprint density at radius 1 is 1.18 bits per heavy atom. The van der Waals surface area contributed by atoms with Crippen LogP contribution in [-0.2, 0) is 11.3 Å². The fourth-order valence-electron chi connectivity index (χ4n) is 2.38. The van der Waals surface area contributed by atoms with Crippen molar-refractivity contribution < 1.29 is 14.0 Å². The van der Waals surface area contributed by atoms with Gasteiger partial charge in [-0.3, -0.25) is 9.69 Å². The third-order valence-electron chi connectivity index (χ3n) is 3.43.